The third-order valence-corrected chi connectivity index (χ3v) is 3.75. The molecule has 102 valence electrons. The molecule has 2 aromatic rings. The molecule has 0 unspecified atom stereocenters. The summed E-state index contributed by atoms with van der Waals surface area (Å²) in [7, 11) is 0. The fourth-order valence-electron chi connectivity index (χ4n) is 2.52. The first-order chi connectivity index (χ1) is 9.70. The lowest BCUT2D eigenvalue weighted by atomic mass is 9.99. The first-order valence-corrected chi connectivity index (χ1v) is 7.03. The van der Waals surface area contributed by atoms with Crippen LogP contribution in [0.15, 0.2) is 36.4 Å². The minimum atomic E-state index is -0.867. The summed E-state index contributed by atoms with van der Waals surface area (Å²) in [6.07, 6.45) is 2.88. The Bertz CT molecular complexity index is 646. The van der Waals surface area contributed by atoms with E-state index in [2.05, 4.69) is 0 Å². The Morgan fingerprint density at radius 3 is 2.55 bits per heavy atom. The number of aromatic nitrogens is 1. The van der Waals surface area contributed by atoms with Gasteiger partial charge in [-0.15, -0.1) is 0 Å². The van der Waals surface area contributed by atoms with E-state index in [-0.39, 0.29) is 0 Å². The first kappa shape index (κ1) is 12.9. The van der Waals surface area contributed by atoms with Gasteiger partial charge in [0.15, 0.2) is 0 Å². The fourth-order valence-corrected chi connectivity index (χ4v) is 2.52. The highest BCUT2D eigenvalue weighted by molar-refractivity contribution is 5.90. The summed E-state index contributed by atoms with van der Waals surface area (Å²) in [5.41, 5.74) is 4.12. The summed E-state index contributed by atoms with van der Waals surface area (Å²) in [5.74, 6) is -0.539. The lowest BCUT2D eigenvalue weighted by Crippen LogP contribution is -2.07. The zero-order chi connectivity index (χ0) is 14.1. The van der Waals surface area contributed by atoms with E-state index in [1.165, 1.54) is 0 Å². The summed E-state index contributed by atoms with van der Waals surface area (Å²) >= 11 is 0. The number of pyridine rings is 1. The van der Waals surface area contributed by atoms with Gasteiger partial charge in [-0.25, -0.2) is 4.79 Å². The summed E-state index contributed by atoms with van der Waals surface area (Å²) in [5, 5.41) is 9.38. The third kappa shape index (κ3) is 2.31. The molecular formula is C17H17NO2. The number of benzene rings is 1. The van der Waals surface area contributed by atoms with Crippen LogP contribution in [0.1, 0.15) is 47.3 Å². The lowest BCUT2D eigenvalue weighted by molar-refractivity contribution is 0.0695. The molecule has 1 fully saturated rings. The van der Waals surface area contributed by atoms with Crippen molar-refractivity contribution in [1.82, 2.24) is 4.98 Å². The molecule has 20 heavy (non-hydrogen) atoms. The van der Waals surface area contributed by atoms with E-state index in [1.54, 1.807) is 0 Å². The van der Waals surface area contributed by atoms with Crippen molar-refractivity contribution in [1.29, 1.82) is 0 Å². The number of hydrogen-bond acceptors (Lipinski definition) is 2. The second kappa shape index (κ2) is 5.08. The van der Waals surface area contributed by atoms with Crippen LogP contribution in [-0.4, -0.2) is 16.1 Å². The second-order valence-corrected chi connectivity index (χ2v) is 5.23. The van der Waals surface area contributed by atoms with Gasteiger partial charge in [0.2, 0.25) is 0 Å². The number of nitrogens with zero attached hydrogens (tertiary/aromatic N) is 1. The van der Waals surface area contributed by atoms with Gasteiger partial charge in [0.05, 0.1) is 17.0 Å². The summed E-state index contributed by atoms with van der Waals surface area (Å²) in [6.45, 7) is 2.03. The monoisotopic (exact) mass is 267 g/mol. The number of aryl methyl sites for hydroxylation is 1. The molecule has 1 saturated carbocycles. The van der Waals surface area contributed by atoms with Crippen LogP contribution in [0.25, 0.3) is 11.3 Å². The van der Waals surface area contributed by atoms with Crippen LogP contribution < -0.4 is 0 Å². The van der Waals surface area contributed by atoms with Gasteiger partial charge in [0.25, 0.3) is 0 Å². The molecule has 1 aliphatic carbocycles. The Morgan fingerprint density at radius 1 is 1.30 bits per heavy atom. The van der Waals surface area contributed by atoms with Crippen molar-refractivity contribution in [3.05, 3.63) is 53.2 Å². The van der Waals surface area contributed by atoms with E-state index in [0.717, 1.165) is 41.8 Å². The Balaban J connectivity index is 2.19. The van der Waals surface area contributed by atoms with E-state index in [0.29, 0.717) is 11.5 Å². The van der Waals surface area contributed by atoms with E-state index in [9.17, 15) is 9.90 Å². The van der Waals surface area contributed by atoms with E-state index in [1.807, 2.05) is 43.3 Å². The van der Waals surface area contributed by atoms with Crippen LogP contribution >= 0.6 is 0 Å². The predicted molar refractivity (Wildman–Crippen MR) is 78.0 cm³/mol. The van der Waals surface area contributed by atoms with Crippen molar-refractivity contribution in [2.45, 2.75) is 32.1 Å². The van der Waals surface area contributed by atoms with Gasteiger partial charge in [-0.3, -0.25) is 4.98 Å². The zero-order valence-electron chi connectivity index (χ0n) is 11.5. The Morgan fingerprint density at radius 2 is 2.00 bits per heavy atom. The van der Waals surface area contributed by atoms with Crippen LogP contribution in [0.5, 0.6) is 0 Å². The van der Waals surface area contributed by atoms with Gasteiger partial charge in [0, 0.05) is 11.5 Å². The maximum atomic E-state index is 11.4. The topological polar surface area (TPSA) is 50.2 Å². The Kier molecular flexibility index (Phi) is 3.26. The van der Waals surface area contributed by atoms with Crippen molar-refractivity contribution in [2.75, 3.05) is 0 Å². The molecule has 3 nitrogen and oxygen atoms in total. The molecule has 0 aliphatic heterocycles. The number of aromatic carboxylic acids is 1. The number of rotatable bonds is 4. The summed E-state index contributed by atoms with van der Waals surface area (Å²) in [4.78, 5) is 16.1. The molecule has 1 aromatic heterocycles. The molecule has 3 heteroatoms. The van der Waals surface area contributed by atoms with Crippen molar-refractivity contribution in [2.24, 2.45) is 0 Å². The van der Waals surface area contributed by atoms with Gasteiger partial charge in [-0.1, -0.05) is 37.3 Å². The predicted octanol–water partition coefficient (Wildman–Crippen LogP) is 3.89. The average molecular weight is 267 g/mol. The standard InChI is InChI=1S/C17H17NO2/c1-2-11-10-14(17(19)20)16(13-8-9-13)18-15(11)12-6-4-3-5-7-12/h3-7,10,13H,2,8-9H2,1H3,(H,19,20). The van der Waals surface area contributed by atoms with Crippen molar-refractivity contribution in [3.63, 3.8) is 0 Å². The Hall–Kier alpha value is -2.16. The Labute approximate surface area is 118 Å². The highest BCUT2D eigenvalue weighted by atomic mass is 16.4. The van der Waals surface area contributed by atoms with Crippen LogP contribution in [0.4, 0.5) is 0 Å². The molecule has 0 radical (unpaired) electrons. The highest BCUT2D eigenvalue weighted by Gasteiger charge is 2.30. The third-order valence-electron chi connectivity index (χ3n) is 3.75. The van der Waals surface area contributed by atoms with Gasteiger partial charge >= 0.3 is 5.97 Å². The maximum absolute atomic E-state index is 11.4. The largest absolute Gasteiger partial charge is 0.478 e. The molecular weight excluding hydrogens is 250 g/mol. The van der Waals surface area contributed by atoms with E-state index >= 15 is 0 Å². The van der Waals surface area contributed by atoms with Crippen LogP contribution in [-0.2, 0) is 6.42 Å². The molecule has 1 aliphatic rings. The molecule has 0 saturated heterocycles. The number of carboxylic acid groups (broad SMARTS) is 1. The maximum Gasteiger partial charge on any atom is 0.337 e. The quantitative estimate of drug-likeness (QED) is 0.914. The molecule has 1 heterocycles. The van der Waals surface area contributed by atoms with Crippen molar-refractivity contribution in [3.8, 4) is 11.3 Å². The molecule has 3 rings (SSSR count). The summed E-state index contributed by atoms with van der Waals surface area (Å²) < 4.78 is 0. The SMILES string of the molecule is CCc1cc(C(=O)O)c(C2CC2)nc1-c1ccccc1. The van der Waals surface area contributed by atoms with Crippen molar-refractivity contribution < 1.29 is 9.90 Å². The highest BCUT2D eigenvalue weighted by Crippen LogP contribution is 2.42. The van der Waals surface area contributed by atoms with Gasteiger partial charge < -0.3 is 5.11 Å². The first-order valence-electron chi connectivity index (χ1n) is 7.03. The molecule has 0 atom stereocenters. The van der Waals surface area contributed by atoms with Crippen LogP contribution in [0, 0.1) is 0 Å². The second-order valence-electron chi connectivity index (χ2n) is 5.23. The van der Waals surface area contributed by atoms with Crippen LogP contribution in [0.2, 0.25) is 0 Å². The van der Waals surface area contributed by atoms with Gasteiger partial charge in [-0.05, 0) is 30.9 Å². The van der Waals surface area contributed by atoms with E-state index in [4.69, 9.17) is 4.98 Å². The minimum Gasteiger partial charge on any atom is -0.478 e. The molecule has 0 bridgehead atoms. The minimum absolute atomic E-state index is 0.328. The average Bonchev–Trinajstić information content (AvgIpc) is 3.31. The number of carbonyl (C=O) groups is 1. The molecule has 0 amide bonds. The van der Waals surface area contributed by atoms with Gasteiger partial charge in [0.1, 0.15) is 0 Å². The van der Waals surface area contributed by atoms with Gasteiger partial charge in [-0.2, -0.15) is 0 Å². The lowest BCUT2D eigenvalue weighted by Gasteiger charge is -2.12. The smallest absolute Gasteiger partial charge is 0.337 e. The fraction of sp³-hybridized carbons (Fsp3) is 0.294. The molecule has 0 spiro atoms. The normalized spacial score (nSPS) is 14.2. The van der Waals surface area contributed by atoms with Crippen molar-refractivity contribution >= 4 is 5.97 Å². The molecule has 1 aromatic carbocycles. The zero-order valence-corrected chi connectivity index (χ0v) is 11.5. The van der Waals surface area contributed by atoms with E-state index < -0.39 is 5.97 Å². The van der Waals surface area contributed by atoms with Crippen LogP contribution in [0.3, 0.4) is 0 Å². The number of hydrogen-bond donors (Lipinski definition) is 1. The number of carboxylic acids is 1. The molecule has 1 N–H and O–H groups in total. The summed E-state index contributed by atoms with van der Waals surface area (Å²) in [6, 6.07) is 11.8.